The number of rotatable bonds is 4. The van der Waals surface area contributed by atoms with Gasteiger partial charge in [-0.1, -0.05) is 10.4 Å². The Morgan fingerprint density at radius 3 is 2.12 bits per heavy atom. The fraction of sp³-hybridized carbons (Fsp3) is 0.750. The topological polar surface area (TPSA) is 154 Å². The Kier molecular flexibility index (Phi) is 5.66. The standard InChI is InChI=1S/2C8H14N4O/c1-5(13)8-4-12(11-10-8)7-2-6(9)3-7;1-5(13)8-4-10-11-12(8)7-2-6(9)3-7/h2*4-7,13H,2-3,9H2,1H3/t2*5-,6?,7?/m00/s1. The summed E-state index contributed by atoms with van der Waals surface area (Å²) in [6.45, 7) is 3.40. The van der Waals surface area contributed by atoms with E-state index in [2.05, 4.69) is 20.6 Å². The van der Waals surface area contributed by atoms with Gasteiger partial charge in [-0.25, -0.2) is 9.36 Å². The van der Waals surface area contributed by atoms with Crippen LogP contribution in [0.1, 0.15) is 75.2 Å². The molecule has 2 aromatic heterocycles. The van der Waals surface area contributed by atoms with Crippen molar-refractivity contribution >= 4 is 0 Å². The number of nitrogens with two attached hydrogens (primary N) is 2. The van der Waals surface area contributed by atoms with E-state index in [4.69, 9.17) is 11.5 Å². The molecule has 0 radical (unpaired) electrons. The summed E-state index contributed by atoms with van der Waals surface area (Å²) >= 11 is 0. The monoisotopic (exact) mass is 364 g/mol. The highest BCUT2D eigenvalue weighted by Gasteiger charge is 2.30. The average Bonchev–Trinajstić information content (AvgIpc) is 3.18. The molecule has 0 aliphatic heterocycles. The average molecular weight is 364 g/mol. The predicted octanol–water partition coefficient (Wildman–Crippen LogP) is -0.0128. The third kappa shape index (κ3) is 4.09. The highest BCUT2D eigenvalue weighted by Crippen LogP contribution is 2.32. The maximum atomic E-state index is 9.40. The first-order valence-electron chi connectivity index (χ1n) is 9.04. The lowest BCUT2D eigenvalue weighted by Gasteiger charge is -2.33. The lowest BCUT2D eigenvalue weighted by molar-refractivity contribution is 0.166. The molecule has 10 heteroatoms. The van der Waals surface area contributed by atoms with Crippen LogP contribution in [-0.4, -0.2) is 52.3 Å². The normalized spacial score (nSPS) is 29.8. The van der Waals surface area contributed by atoms with Gasteiger partial charge >= 0.3 is 0 Å². The van der Waals surface area contributed by atoms with Crippen LogP contribution >= 0.6 is 0 Å². The van der Waals surface area contributed by atoms with E-state index in [0.29, 0.717) is 23.8 Å². The molecule has 2 aliphatic carbocycles. The van der Waals surface area contributed by atoms with Crippen LogP contribution in [0.15, 0.2) is 12.4 Å². The molecular formula is C16H28N8O2. The molecule has 10 nitrogen and oxygen atoms in total. The van der Waals surface area contributed by atoms with E-state index >= 15 is 0 Å². The molecule has 0 unspecified atom stereocenters. The van der Waals surface area contributed by atoms with Crippen molar-refractivity contribution in [3.63, 3.8) is 0 Å². The molecule has 144 valence electrons. The minimum Gasteiger partial charge on any atom is -0.387 e. The highest BCUT2D eigenvalue weighted by atomic mass is 16.3. The maximum Gasteiger partial charge on any atom is 0.111 e. The van der Waals surface area contributed by atoms with E-state index in [1.54, 1.807) is 35.6 Å². The molecule has 2 aromatic rings. The largest absolute Gasteiger partial charge is 0.387 e. The molecule has 2 saturated carbocycles. The van der Waals surface area contributed by atoms with Crippen LogP contribution in [0.25, 0.3) is 0 Å². The summed E-state index contributed by atoms with van der Waals surface area (Å²) in [7, 11) is 0. The summed E-state index contributed by atoms with van der Waals surface area (Å²) in [6.07, 6.45) is 6.14. The van der Waals surface area contributed by atoms with E-state index in [9.17, 15) is 10.2 Å². The molecule has 0 spiro atoms. The van der Waals surface area contributed by atoms with E-state index < -0.39 is 12.2 Å². The van der Waals surface area contributed by atoms with Crippen LogP contribution in [0, 0.1) is 0 Å². The molecular weight excluding hydrogens is 336 g/mol. The summed E-state index contributed by atoms with van der Waals surface area (Å²) < 4.78 is 3.58. The van der Waals surface area contributed by atoms with E-state index in [1.165, 1.54) is 0 Å². The van der Waals surface area contributed by atoms with Crippen molar-refractivity contribution in [3.05, 3.63) is 23.8 Å². The van der Waals surface area contributed by atoms with Gasteiger partial charge in [0.25, 0.3) is 0 Å². The Morgan fingerprint density at radius 1 is 1.00 bits per heavy atom. The van der Waals surface area contributed by atoms with Gasteiger partial charge in [-0.05, 0) is 39.5 Å². The molecule has 6 N–H and O–H groups in total. The Bertz CT molecular complexity index is 701. The molecule has 4 rings (SSSR count). The van der Waals surface area contributed by atoms with Crippen LogP contribution in [0.4, 0.5) is 0 Å². The number of hydrogen-bond donors (Lipinski definition) is 4. The first-order valence-corrected chi connectivity index (χ1v) is 9.04. The lowest BCUT2D eigenvalue weighted by atomic mass is 9.87. The number of aliphatic hydroxyl groups is 2. The summed E-state index contributed by atoms with van der Waals surface area (Å²) in [5, 5.41) is 34.2. The van der Waals surface area contributed by atoms with Crippen LogP contribution in [0.5, 0.6) is 0 Å². The third-order valence-corrected chi connectivity index (χ3v) is 5.01. The molecule has 0 amide bonds. The van der Waals surface area contributed by atoms with Crippen molar-refractivity contribution < 1.29 is 10.2 Å². The van der Waals surface area contributed by atoms with Crippen molar-refractivity contribution in [2.45, 2.75) is 75.9 Å². The van der Waals surface area contributed by atoms with Gasteiger partial charge in [-0.2, -0.15) is 0 Å². The van der Waals surface area contributed by atoms with Gasteiger partial charge in [-0.3, -0.25) is 0 Å². The Balaban J connectivity index is 0.000000151. The maximum absolute atomic E-state index is 9.40. The minimum atomic E-state index is -0.539. The second kappa shape index (κ2) is 7.78. The van der Waals surface area contributed by atoms with Crippen molar-refractivity contribution in [2.75, 3.05) is 0 Å². The number of aliphatic hydroxyl groups excluding tert-OH is 2. The van der Waals surface area contributed by atoms with Gasteiger partial charge in [0.2, 0.25) is 0 Å². The molecule has 2 atom stereocenters. The predicted molar refractivity (Wildman–Crippen MR) is 93.8 cm³/mol. The molecule has 26 heavy (non-hydrogen) atoms. The molecule has 2 fully saturated rings. The number of nitrogens with zero attached hydrogens (tertiary/aromatic N) is 6. The molecule has 0 aromatic carbocycles. The molecule has 2 heterocycles. The third-order valence-electron chi connectivity index (χ3n) is 5.01. The zero-order valence-electron chi connectivity index (χ0n) is 15.2. The summed E-state index contributed by atoms with van der Waals surface area (Å²) in [4.78, 5) is 0. The lowest BCUT2D eigenvalue weighted by Crippen LogP contribution is -2.38. The van der Waals surface area contributed by atoms with Gasteiger partial charge in [0.1, 0.15) is 5.69 Å². The number of aromatic nitrogens is 6. The van der Waals surface area contributed by atoms with Crippen LogP contribution < -0.4 is 11.5 Å². The zero-order valence-corrected chi connectivity index (χ0v) is 15.2. The van der Waals surface area contributed by atoms with Crippen LogP contribution in [0.2, 0.25) is 0 Å². The smallest absolute Gasteiger partial charge is 0.111 e. The van der Waals surface area contributed by atoms with Gasteiger partial charge in [0, 0.05) is 12.1 Å². The van der Waals surface area contributed by atoms with Crippen molar-refractivity contribution in [1.82, 2.24) is 30.0 Å². The van der Waals surface area contributed by atoms with Crippen molar-refractivity contribution in [2.24, 2.45) is 11.5 Å². The van der Waals surface area contributed by atoms with Gasteiger partial charge in [-0.15, -0.1) is 10.2 Å². The van der Waals surface area contributed by atoms with Crippen LogP contribution in [0.3, 0.4) is 0 Å². The Labute approximate surface area is 152 Å². The van der Waals surface area contributed by atoms with E-state index in [-0.39, 0.29) is 6.04 Å². The van der Waals surface area contributed by atoms with Gasteiger partial charge in [0.05, 0.1) is 42.4 Å². The second-order valence-corrected chi connectivity index (χ2v) is 7.35. The fourth-order valence-electron chi connectivity index (χ4n) is 3.17. The Hall–Kier alpha value is -1.88. The highest BCUT2D eigenvalue weighted by molar-refractivity contribution is 5.02. The Morgan fingerprint density at radius 2 is 1.62 bits per heavy atom. The molecule has 0 bridgehead atoms. The quantitative estimate of drug-likeness (QED) is 0.590. The SMILES string of the molecule is C[C@H](O)c1cn(C2CC(N)C2)nn1.C[C@H](O)c1cnnn1C1CC(N)C1. The first kappa shape index (κ1) is 18.9. The van der Waals surface area contributed by atoms with Gasteiger partial charge in [0.15, 0.2) is 0 Å². The number of hydrogen-bond acceptors (Lipinski definition) is 8. The fourth-order valence-corrected chi connectivity index (χ4v) is 3.17. The summed E-state index contributed by atoms with van der Waals surface area (Å²) in [6, 6.07) is 1.32. The van der Waals surface area contributed by atoms with E-state index in [1.807, 2.05) is 0 Å². The van der Waals surface area contributed by atoms with Crippen molar-refractivity contribution in [1.29, 1.82) is 0 Å². The second-order valence-electron chi connectivity index (χ2n) is 7.35. The van der Waals surface area contributed by atoms with E-state index in [0.717, 1.165) is 31.4 Å². The summed E-state index contributed by atoms with van der Waals surface area (Å²) in [5.74, 6) is 0. The molecule has 2 aliphatic rings. The minimum absolute atomic E-state index is 0.288. The van der Waals surface area contributed by atoms with Crippen LogP contribution in [-0.2, 0) is 0 Å². The summed E-state index contributed by atoms with van der Waals surface area (Å²) in [5.41, 5.74) is 12.7. The van der Waals surface area contributed by atoms with Crippen molar-refractivity contribution in [3.8, 4) is 0 Å². The first-order chi connectivity index (χ1) is 12.3. The molecule has 0 saturated heterocycles. The zero-order chi connectivity index (χ0) is 18.8. The van der Waals surface area contributed by atoms with Gasteiger partial charge < -0.3 is 21.7 Å².